The molecule has 1 fully saturated rings. The average Bonchev–Trinajstić information content (AvgIpc) is 3.51. The Balaban J connectivity index is 1.35. The van der Waals surface area contributed by atoms with Gasteiger partial charge < -0.3 is 19.9 Å². The number of hydrogen-bond donors (Lipinski definition) is 3. The van der Waals surface area contributed by atoms with Crippen LogP contribution in [0.3, 0.4) is 0 Å². The number of carbonyl (C=O) groups is 4. The number of nitrogens with zero attached hydrogens (tertiary/aromatic N) is 2. The van der Waals surface area contributed by atoms with Gasteiger partial charge in [-0.2, -0.15) is 0 Å². The number of hydroxylamine groups is 1. The predicted molar refractivity (Wildman–Crippen MR) is 204 cm³/mol. The highest BCUT2D eigenvalue weighted by atomic mass is 16.8. The molecule has 1 aliphatic carbocycles. The molecule has 12 heteroatoms. The molecule has 0 bridgehead atoms. The van der Waals surface area contributed by atoms with E-state index >= 15 is 0 Å². The Kier molecular flexibility index (Phi) is 14.8. The highest BCUT2D eigenvalue weighted by Gasteiger charge is 2.38. The summed E-state index contributed by atoms with van der Waals surface area (Å²) in [5.74, 6) is -1.91. The van der Waals surface area contributed by atoms with Crippen LogP contribution < -0.4 is 10.8 Å². The van der Waals surface area contributed by atoms with E-state index in [-0.39, 0.29) is 37.8 Å². The van der Waals surface area contributed by atoms with Crippen LogP contribution in [0.25, 0.3) is 17.2 Å². The van der Waals surface area contributed by atoms with Gasteiger partial charge in [-0.3, -0.25) is 14.4 Å². The highest BCUT2D eigenvalue weighted by molar-refractivity contribution is 5.91. The van der Waals surface area contributed by atoms with Gasteiger partial charge in [0.2, 0.25) is 5.91 Å². The lowest BCUT2D eigenvalue weighted by molar-refractivity contribution is -0.206. The smallest absolute Gasteiger partial charge is 0.407 e. The van der Waals surface area contributed by atoms with E-state index in [2.05, 4.69) is 10.8 Å². The maximum Gasteiger partial charge on any atom is 0.407 e. The minimum atomic E-state index is -1.26. The summed E-state index contributed by atoms with van der Waals surface area (Å²) in [6.45, 7) is 5.12. The molecule has 1 saturated heterocycles. The first-order valence-corrected chi connectivity index (χ1v) is 18.8. The van der Waals surface area contributed by atoms with Crippen LogP contribution in [0.2, 0.25) is 0 Å². The molecular weight excluding hydrogens is 688 g/mol. The van der Waals surface area contributed by atoms with Gasteiger partial charge in [0.25, 0.3) is 11.8 Å². The second kappa shape index (κ2) is 19.9. The lowest BCUT2D eigenvalue weighted by atomic mass is 9.98. The normalized spacial score (nSPS) is 16.3. The number of rotatable bonds is 16. The number of amides is 4. The van der Waals surface area contributed by atoms with E-state index in [9.17, 15) is 24.3 Å². The van der Waals surface area contributed by atoms with Crippen molar-refractivity contribution in [3.8, 4) is 11.1 Å². The van der Waals surface area contributed by atoms with E-state index in [1.54, 1.807) is 6.08 Å². The lowest BCUT2D eigenvalue weighted by Crippen LogP contribution is -2.62. The fraction of sp³-hybridized carbons (Fsp3) is 0.429. The van der Waals surface area contributed by atoms with Crippen molar-refractivity contribution >= 4 is 29.9 Å². The van der Waals surface area contributed by atoms with E-state index in [4.69, 9.17) is 14.3 Å². The van der Waals surface area contributed by atoms with Crippen LogP contribution in [0.1, 0.15) is 81.9 Å². The fourth-order valence-corrected chi connectivity index (χ4v) is 6.74. The zero-order valence-corrected chi connectivity index (χ0v) is 31.3. The summed E-state index contributed by atoms with van der Waals surface area (Å²) >= 11 is 0. The van der Waals surface area contributed by atoms with Crippen molar-refractivity contribution in [3.05, 3.63) is 102 Å². The Labute approximate surface area is 317 Å². The van der Waals surface area contributed by atoms with Crippen LogP contribution in [0.4, 0.5) is 4.79 Å². The topological polar surface area (TPSA) is 147 Å². The molecule has 1 heterocycles. The second-order valence-electron chi connectivity index (χ2n) is 14.0. The van der Waals surface area contributed by atoms with E-state index in [0.717, 1.165) is 50.7 Å². The first kappa shape index (κ1) is 40.2. The molecule has 12 nitrogen and oxygen atoms in total. The molecule has 3 atom stereocenters. The van der Waals surface area contributed by atoms with Gasteiger partial charge in [-0.1, -0.05) is 105 Å². The molecule has 5 rings (SSSR count). The number of aliphatic hydroxyl groups excluding tert-OH is 1. The van der Waals surface area contributed by atoms with Gasteiger partial charge in [0.1, 0.15) is 18.7 Å². The number of nitrogens with one attached hydrogen (secondary N) is 2. The summed E-state index contributed by atoms with van der Waals surface area (Å²) in [5, 5.41) is 14.9. The van der Waals surface area contributed by atoms with Gasteiger partial charge in [0.15, 0.2) is 6.29 Å². The minimum absolute atomic E-state index is 0.00638. The first-order valence-electron chi connectivity index (χ1n) is 18.8. The van der Waals surface area contributed by atoms with Gasteiger partial charge in [0.05, 0.1) is 13.2 Å². The quantitative estimate of drug-likeness (QED) is 0.153. The number of ether oxygens (including phenoxy) is 2. The van der Waals surface area contributed by atoms with Crippen molar-refractivity contribution in [2.24, 2.45) is 5.92 Å². The van der Waals surface area contributed by atoms with Crippen molar-refractivity contribution in [3.63, 3.8) is 0 Å². The molecule has 2 aliphatic rings. The SMILES string of the molecule is CC(C)CCC(=O)N([C@@H](CC=Cc1ccccc1)C(=O)NOC1CCCCO1)N(CCO)C(=O)[C@@H](C)NC(=O)OCC1c2ccccc2-c2ccccc21. The molecule has 1 aliphatic heterocycles. The summed E-state index contributed by atoms with van der Waals surface area (Å²) in [5.41, 5.74) is 7.62. The van der Waals surface area contributed by atoms with Crippen molar-refractivity contribution in [1.29, 1.82) is 0 Å². The first-order chi connectivity index (χ1) is 26.2. The van der Waals surface area contributed by atoms with Crippen molar-refractivity contribution in [2.45, 2.75) is 83.6 Å². The van der Waals surface area contributed by atoms with Crippen LogP contribution in [0, 0.1) is 5.92 Å². The van der Waals surface area contributed by atoms with Crippen LogP contribution in [0.5, 0.6) is 0 Å². The molecule has 0 radical (unpaired) electrons. The molecule has 0 aromatic heterocycles. The Hall–Kier alpha value is -5.04. The largest absolute Gasteiger partial charge is 0.449 e. The molecule has 3 aromatic carbocycles. The number of hydrogen-bond acceptors (Lipinski definition) is 8. The molecule has 3 N–H and O–H groups in total. The maximum absolute atomic E-state index is 14.2. The molecule has 4 amide bonds. The number of fused-ring (bicyclic) bond motifs is 3. The number of carbonyl (C=O) groups excluding carboxylic acids is 4. The highest BCUT2D eigenvalue weighted by Crippen LogP contribution is 2.44. The van der Waals surface area contributed by atoms with Crippen molar-refractivity contribution < 1.29 is 38.6 Å². The number of hydrazine groups is 1. The zero-order chi connectivity index (χ0) is 38.5. The van der Waals surface area contributed by atoms with E-state index in [1.165, 1.54) is 6.92 Å². The predicted octanol–water partition coefficient (Wildman–Crippen LogP) is 5.96. The van der Waals surface area contributed by atoms with Crippen LogP contribution >= 0.6 is 0 Å². The van der Waals surface area contributed by atoms with Gasteiger partial charge in [0, 0.05) is 25.4 Å². The third-order valence-corrected chi connectivity index (χ3v) is 9.56. The van der Waals surface area contributed by atoms with Gasteiger partial charge >= 0.3 is 6.09 Å². The van der Waals surface area contributed by atoms with Gasteiger partial charge in [-0.25, -0.2) is 25.1 Å². The van der Waals surface area contributed by atoms with Crippen molar-refractivity contribution in [1.82, 2.24) is 20.8 Å². The average molecular weight is 741 g/mol. The monoisotopic (exact) mass is 740 g/mol. The Morgan fingerprint density at radius 2 is 1.59 bits per heavy atom. The maximum atomic E-state index is 14.2. The summed E-state index contributed by atoms with van der Waals surface area (Å²) in [7, 11) is 0. The van der Waals surface area contributed by atoms with Gasteiger partial charge in [-0.05, 0) is 66.3 Å². The summed E-state index contributed by atoms with van der Waals surface area (Å²) < 4.78 is 11.3. The fourth-order valence-electron chi connectivity index (χ4n) is 6.74. The van der Waals surface area contributed by atoms with Crippen LogP contribution in [-0.2, 0) is 28.7 Å². The summed E-state index contributed by atoms with van der Waals surface area (Å²) in [4.78, 5) is 61.1. The second-order valence-corrected chi connectivity index (χ2v) is 14.0. The van der Waals surface area contributed by atoms with Gasteiger partial charge in [-0.15, -0.1) is 0 Å². The van der Waals surface area contributed by atoms with E-state index in [0.29, 0.717) is 19.4 Å². The standard InChI is InChI=1S/C42H52N4O8/c1-29(2)23-24-38(48)46(37(21-13-16-31-14-5-4-6-15-31)40(49)44-54-39-22-11-12-27-52-39)45(25-26-47)41(50)30(3)43-42(51)53-28-36-34-19-9-7-17-32(34)33-18-8-10-20-35(33)36/h4-10,13-20,29-30,36-37,39,47H,11-12,21-28H2,1-3H3,(H,43,51)(H,44,49)/t30-,37+,39?/m1/s1. The summed E-state index contributed by atoms with van der Waals surface area (Å²) in [6, 6.07) is 23.0. The number of alkyl carbamates (subject to hydrolysis) is 1. The van der Waals surface area contributed by atoms with Crippen molar-refractivity contribution in [2.75, 3.05) is 26.4 Å². The Morgan fingerprint density at radius 1 is 0.926 bits per heavy atom. The Morgan fingerprint density at radius 3 is 2.22 bits per heavy atom. The molecular formula is C42H52N4O8. The lowest BCUT2D eigenvalue weighted by Gasteiger charge is -2.40. The summed E-state index contributed by atoms with van der Waals surface area (Å²) in [6.07, 6.45) is 4.98. The molecule has 3 aromatic rings. The third kappa shape index (κ3) is 10.6. The number of aliphatic hydroxyl groups is 1. The third-order valence-electron chi connectivity index (χ3n) is 9.56. The van der Waals surface area contributed by atoms with E-state index in [1.807, 2.05) is 98.8 Å². The van der Waals surface area contributed by atoms with E-state index < -0.39 is 48.8 Å². The molecule has 288 valence electrons. The number of benzene rings is 3. The molecule has 0 spiro atoms. The molecule has 0 saturated carbocycles. The minimum Gasteiger partial charge on any atom is -0.449 e. The zero-order valence-electron chi connectivity index (χ0n) is 31.3. The van der Waals surface area contributed by atoms with Crippen LogP contribution in [0.15, 0.2) is 84.9 Å². The molecule has 1 unspecified atom stereocenters. The Bertz CT molecular complexity index is 1700. The van der Waals surface area contributed by atoms with Crippen LogP contribution in [-0.4, -0.2) is 83.7 Å². The molecule has 54 heavy (non-hydrogen) atoms.